The van der Waals surface area contributed by atoms with Crippen molar-refractivity contribution in [2.24, 2.45) is 0 Å². The first-order valence-electron chi connectivity index (χ1n) is 7.66. The quantitative estimate of drug-likeness (QED) is 0.757. The lowest BCUT2D eigenvalue weighted by atomic mass is 10.3. The minimum Gasteiger partial charge on any atom is -0.340 e. The third kappa shape index (κ3) is 3.17. The molecule has 0 saturated heterocycles. The Morgan fingerprint density at radius 1 is 1.38 bits per heavy atom. The molecule has 0 radical (unpaired) electrons. The van der Waals surface area contributed by atoms with Crippen LogP contribution in [0.25, 0.3) is 15.9 Å². The maximum absolute atomic E-state index is 12.6. The molecule has 0 spiro atoms. The third-order valence-electron chi connectivity index (χ3n) is 3.87. The van der Waals surface area contributed by atoms with E-state index in [9.17, 15) is 4.79 Å². The van der Waals surface area contributed by atoms with E-state index in [1.54, 1.807) is 4.90 Å². The minimum absolute atomic E-state index is 0.0357. The highest BCUT2D eigenvalue weighted by Crippen LogP contribution is 2.31. The van der Waals surface area contributed by atoms with Crippen LogP contribution in [0.2, 0.25) is 5.02 Å². The van der Waals surface area contributed by atoms with Gasteiger partial charge in [-0.05, 0) is 44.3 Å². The molecular formula is C17H19ClN4OS. The van der Waals surface area contributed by atoms with Crippen LogP contribution in [-0.2, 0) is 0 Å². The Kier molecular flexibility index (Phi) is 4.89. The SMILES string of the molecule is CNCCN(C)C(=O)c1cc2c(C)nn(-c3ccc(Cl)cc3)c2s1. The first-order chi connectivity index (χ1) is 11.5. The summed E-state index contributed by atoms with van der Waals surface area (Å²) in [5.74, 6) is 0.0357. The van der Waals surface area contributed by atoms with E-state index in [1.165, 1.54) is 11.3 Å². The Morgan fingerprint density at radius 3 is 2.75 bits per heavy atom. The van der Waals surface area contributed by atoms with E-state index < -0.39 is 0 Å². The molecule has 0 unspecified atom stereocenters. The normalized spacial score (nSPS) is 11.2. The van der Waals surface area contributed by atoms with Crippen LogP contribution in [0, 0.1) is 6.92 Å². The van der Waals surface area contributed by atoms with Gasteiger partial charge in [-0.2, -0.15) is 5.10 Å². The number of aromatic nitrogens is 2. The molecule has 7 heteroatoms. The van der Waals surface area contributed by atoms with Crippen LogP contribution in [0.5, 0.6) is 0 Å². The van der Waals surface area contributed by atoms with Crippen LogP contribution in [0.15, 0.2) is 30.3 Å². The van der Waals surface area contributed by atoms with Crippen molar-refractivity contribution in [2.45, 2.75) is 6.92 Å². The lowest BCUT2D eigenvalue weighted by Gasteiger charge is -2.15. The van der Waals surface area contributed by atoms with Gasteiger partial charge in [0.05, 0.1) is 16.3 Å². The Labute approximate surface area is 149 Å². The van der Waals surface area contributed by atoms with Gasteiger partial charge in [0.1, 0.15) is 4.83 Å². The van der Waals surface area contributed by atoms with E-state index in [1.807, 2.05) is 56.0 Å². The van der Waals surface area contributed by atoms with Crippen molar-refractivity contribution in [3.8, 4) is 5.69 Å². The molecule has 1 aromatic carbocycles. The molecule has 0 aliphatic carbocycles. The van der Waals surface area contributed by atoms with Crippen LogP contribution in [0.4, 0.5) is 0 Å². The van der Waals surface area contributed by atoms with Gasteiger partial charge in [0.2, 0.25) is 0 Å². The summed E-state index contributed by atoms with van der Waals surface area (Å²) in [7, 11) is 3.70. The molecule has 5 nitrogen and oxygen atoms in total. The van der Waals surface area contributed by atoms with Gasteiger partial charge in [0.15, 0.2) is 0 Å². The topological polar surface area (TPSA) is 50.2 Å². The van der Waals surface area contributed by atoms with Crippen molar-refractivity contribution >= 4 is 39.1 Å². The fourth-order valence-corrected chi connectivity index (χ4v) is 3.78. The Bertz CT molecular complexity index is 869. The molecule has 3 rings (SSSR count). The number of likely N-dealkylation sites (N-methyl/N-ethyl adjacent to an activating group) is 2. The highest BCUT2D eigenvalue weighted by atomic mass is 35.5. The summed E-state index contributed by atoms with van der Waals surface area (Å²) in [6.07, 6.45) is 0. The zero-order valence-corrected chi connectivity index (χ0v) is 15.4. The number of carbonyl (C=O) groups excluding carboxylic acids is 1. The molecule has 0 bridgehead atoms. The predicted molar refractivity (Wildman–Crippen MR) is 99.6 cm³/mol. The standard InChI is InChI=1S/C17H19ClN4OS/c1-11-14-10-15(16(23)21(3)9-8-19-2)24-17(14)22(20-11)13-6-4-12(18)5-7-13/h4-7,10,19H,8-9H2,1-3H3. The number of nitrogens with one attached hydrogen (secondary N) is 1. The van der Waals surface area contributed by atoms with Gasteiger partial charge >= 0.3 is 0 Å². The number of rotatable bonds is 5. The van der Waals surface area contributed by atoms with E-state index in [0.29, 0.717) is 11.6 Å². The van der Waals surface area contributed by atoms with Crippen molar-refractivity contribution in [3.05, 3.63) is 45.9 Å². The van der Waals surface area contributed by atoms with Crippen molar-refractivity contribution in [3.63, 3.8) is 0 Å². The maximum atomic E-state index is 12.6. The second-order valence-electron chi connectivity index (χ2n) is 5.63. The van der Waals surface area contributed by atoms with Crippen molar-refractivity contribution < 1.29 is 4.79 Å². The molecule has 0 atom stereocenters. The summed E-state index contributed by atoms with van der Waals surface area (Å²) >= 11 is 7.43. The number of halogens is 1. The van der Waals surface area contributed by atoms with Gasteiger partial charge in [0.25, 0.3) is 5.91 Å². The Hall–Kier alpha value is -1.89. The summed E-state index contributed by atoms with van der Waals surface area (Å²) in [5, 5.41) is 9.35. The number of thiophene rings is 1. The molecule has 0 aliphatic rings. The monoisotopic (exact) mass is 362 g/mol. The van der Waals surface area contributed by atoms with Gasteiger partial charge in [-0.15, -0.1) is 11.3 Å². The fraction of sp³-hybridized carbons (Fsp3) is 0.294. The van der Waals surface area contributed by atoms with Crippen molar-refractivity contribution in [1.82, 2.24) is 20.0 Å². The predicted octanol–water partition coefficient (Wildman–Crippen LogP) is 3.34. The highest BCUT2D eigenvalue weighted by Gasteiger charge is 2.19. The molecule has 0 saturated carbocycles. The number of aryl methyl sites for hydroxylation is 1. The Morgan fingerprint density at radius 2 is 2.08 bits per heavy atom. The van der Waals surface area contributed by atoms with Crippen LogP contribution in [0.3, 0.4) is 0 Å². The Balaban J connectivity index is 1.98. The van der Waals surface area contributed by atoms with E-state index in [-0.39, 0.29) is 5.91 Å². The number of fused-ring (bicyclic) bond motifs is 1. The molecule has 1 N–H and O–H groups in total. The molecular weight excluding hydrogens is 344 g/mol. The second-order valence-corrected chi connectivity index (χ2v) is 7.10. The van der Waals surface area contributed by atoms with Crippen LogP contribution >= 0.6 is 22.9 Å². The largest absolute Gasteiger partial charge is 0.340 e. The zero-order valence-electron chi connectivity index (χ0n) is 13.8. The summed E-state index contributed by atoms with van der Waals surface area (Å²) in [6.45, 7) is 3.40. The molecule has 0 aliphatic heterocycles. The van der Waals surface area contributed by atoms with Gasteiger partial charge in [0, 0.05) is 30.5 Å². The van der Waals surface area contributed by atoms with Gasteiger partial charge < -0.3 is 10.2 Å². The minimum atomic E-state index is 0.0357. The van der Waals surface area contributed by atoms with Crippen molar-refractivity contribution in [1.29, 1.82) is 0 Å². The van der Waals surface area contributed by atoms with Gasteiger partial charge in [-0.25, -0.2) is 4.68 Å². The summed E-state index contributed by atoms with van der Waals surface area (Å²) < 4.78 is 1.87. The number of hydrogen-bond acceptors (Lipinski definition) is 4. The number of amides is 1. The van der Waals surface area contributed by atoms with Crippen LogP contribution < -0.4 is 5.32 Å². The van der Waals surface area contributed by atoms with Crippen LogP contribution in [0.1, 0.15) is 15.4 Å². The van der Waals surface area contributed by atoms with Crippen LogP contribution in [-0.4, -0.2) is 47.8 Å². The molecule has 0 fully saturated rings. The van der Waals surface area contributed by atoms with E-state index in [0.717, 1.165) is 33.0 Å². The smallest absolute Gasteiger partial charge is 0.263 e. The second kappa shape index (κ2) is 6.93. The number of hydrogen-bond donors (Lipinski definition) is 1. The average molecular weight is 363 g/mol. The summed E-state index contributed by atoms with van der Waals surface area (Å²) in [4.78, 5) is 16.0. The summed E-state index contributed by atoms with van der Waals surface area (Å²) in [5.41, 5.74) is 1.84. The first-order valence-corrected chi connectivity index (χ1v) is 8.86. The van der Waals surface area contributed by atoms with Gasteiger partial charge in [-0.1, -0.05) is 11.6 Å². The molecule has 1 amide bonds. The lowest BCUT2D eigenvalue weighted by Crippen LogP contribution is -2.32. The third-order valence-corrected chi connectivity index (χ3v) is 5.22. The average Bonchev–Trinajstić information content (AvgIpc) is 3.13. The number of nitrogens with zero attached hydrogens (tertiary/aromatic N) is 3. The molecule has 2 aromatic heterocycles. The molecule has 2 heterocycles. The van der Waals surface area contributed by atoms with E-state index in [2.05, 4.69) is 10.4 Å². The van der Waals surface area contributed by atoms with Gasteiger partial charge in [-0.3, -0.25) is 4.79 Å². The highest BCUT2D eigenvalue weighted by molar-refractivity contribution is 7.20. The van der Waals surface area contributed by atoms with E-state index >= 15 is 0 Å². The fourth-order valence-electron chi connectivity index (χ4n) is 2.48. The molecule has 126 valence electrons. The maximum Gasteiger partial charge on any atom is 0.263 e. The molecule has 3 aromatic rings. The molecule has 24 heavy (non-hydrogen) atoms. The number of carbonyl (C=O) groups is 1. The first kappa shape index (κ1) is 17.0. The number of benzene rings is 1. The lowest BCUT2D eigenvalue weighted by molar-refractivity contribution is 0.0801. The van der Waals surface area contributed by atoms with Crippen molar-refractivity contribution in [2.75, 3.05) is 27.2 Å². The van der Waals surface area contributed by atoms with E-state index in [4.69, 9.17) is 11.6 Å². The summed E-state index contributed by atoms with van der Waals surface area (Å²) in [6, 6.07) is 9.46. The zero-order chi connectivity index (χ0) is 17.3.